The Kier molecular flexibility index (Phi) is 6.69. The van der Waals surface area contributed by atoms with Crippen molar-refractivity contribution in [1.82, 2.24) is 9.62 Å². The molecule has 7 nitrogen and oxygen atoms in total. The number of hydrogen-bond acceptors (Lipinski definition) is 5. The summed E-state index contributed by atoms with van der Waals surface area (Å²) in [7, 11) is -3.79. The summed E-state index contributed by atoms with van der Waals surface area (Å²) in [5.74, 6) is -0.980. The molecule has 1 heterocycles. The minimum absolute atomic E-state index is 0.0241. The maximum absolute atomic E-state index is 14.6. The smallest absolute Gasteiger partial charge is 0.267 e. The first kappa shape index (κ1) is 23.2. The van der Waals surface area contributed by atoms with Gasteiger partial charge in [-0.05, 0) is 61.3 Å². The fourth-order valence-corrected chi connectivity index (χ4v) is 4.53. The first-order valence-corrected chi connectivity index (χ1v) is 12.9. The predicted octanol–water partition coefficient (Wildman–Crippen LogP) is 3.32. The number of likely N-dealkylation sites (tertiary alicyclic amines) is 1. The minimum Gasteiger partial charge on any atom is -0.493 e. The van der Waals surface area contributed by atoms with Crippen LogP contribution in [-0.2, 0) is 10.0 Å². The summed E-state index contributed by atoms with van der Waals surface area (Å²) in [6.07, 6.45) is 4.24. The van der Waals surface area contributed by atoms with Gasteiger partial charge >= 0.3 is 0 Å². The zero-order chi connectivity index (χ0) is 23.6. The molecular weight excluding hydrogens is 447 g/mol. The fourth-order valence-electron chi connectivity index (χ4n) is 4.08. The Morgan fingerprint density at radius 3 is 2.36 bits per heavy atom. The highest BCUT2D eigenvalue weighted by Crippen LogP contribution is 2.45. The van der Waals surface area contributed by atoms with E-state index in [0.29, 0.717) is 31.0 Å². The molecule has 1 aliphatic heterocycles. The molecule has 2 aliphatic rings. The van der Waals surface area contributed by atoms with Crippen LogP contribution in [0.1, 0.15) is 57.9 Å². The van der Waals surface area contributed by atoms with E-state index in [1.165, 1.54) is 12.1 Å². The molecule has 33 heavy (non-hydrogen) atoms. The third-order valence-corrected chi connectivity index (χ3v) is 6.59. The second-order valence-corrected chi connectivity index (χ2v) is 10.5. The Labute approximate surface area is 193 Å². The van der Waals surface area contributed by atoms with Gasteiger partial charge in [0.15, 0.2) is 0 Å². The molecule has 1 aliphatic carbocycles. The standard InChI is InChI=1S/C24H27FN2O5S/c1-33(30,31)26-23(28)20-13-19(17-7-8-17)22(14-21(20)25)32-15-16-9-11-27(12-10-16)24(29)18-5-3-2-4-6-18/h2-6,13-14,16-17H,7-12,15H2,1H3,(H,26,28). The highest BCUT2D eigenvalue weighted by Gasteiger charge is 2.31. The van der Waals surface area contributed by atoms with Gasteiger partial charge in [-0.15, -0.1) is 0 Å². The molecule has 2 aromatic carbocycles. The van der Waals surface area contributed by atoms with Gasteiger partial charge in [-0.3, -0.25) is 9.59 Å². The number of benzene rings is 2. The Bertz CT molecular complexity index is 1140. The molecule has 9 heteroatoms. The van der Waals surface area contributed by atoms with Crippen molar-refractivity contribution in [2.75, 3.05) is 26.0 Å². The van der Waals surface area contributed by atoms with Gasteiger partial charge in [0.1, 0.15) is 11.6 Å². The largest absolute Gasteiger partial charge is 0.493 e. The minimum atomic E-state index is -3.79. The van der Waals surface area contributed by atoms with Crippen LogP contribution in [0, 0.1) is 11.7 Å². The normalized spacial score (nSPS) is 17.0. The van der Waals surface area contributed by atoms with Crippen LogP contribution < -0.4 is 9.46 Å². The summed E-state index contributed by atoms with van der Waals surface area (Å²) in [6, 6.07) is 11.8. The molecule has 2 fully saturated rings. The van der Waals surface area contributed by atoms with Gasteiger partial charge < -0.3 is 9.64 Å². The average Bonchev–Trinajstić information content (AvgIpc) is 3.62. The first-order chi connectivity index (χ1) is 15.7. The maximum Gasteiger partial charge on any atom is 0.267 e. The molecule has 2 aromatic rings. The molecule has 2 amide bonds. The molecule has 0 bridgehead atoms. The highest BCUT2D eigenvalue weighted by atomic mass is 32.2. The molecular formula is C24H27FN2O5S. The monoisotopic (exact) mass is 474 g/mol. The van der Waals surface area contributed by atoms with Gasteiger partial charge in [-0.2, -0.15) is 0 Å². The summed E-state index contributed by atoms with van der Waals surface area (Å²) >= 11 is 0. The average molecular weight is 475 g/mol. The molecule has 0 unspecified atom stereocenters. The van der Waals surface area contributed by atoms with E-state index in [1.807, 2.05) is 40.0 Å². The summed E-state index contributed by atoms with van der Waals surface area (Å²) in [5.41, 5.74) is 1.10. The molecule has 176 valence electrons. The van der Waals surface area contributed by atoms with Crippen LogP contribution in [-0.4, -0.2) is 51.1 Å². The fraction of sp³-hybridized carbons (Fsp3) is 0.417. The van der Waals surface area contributed by atoms with Crippen molar-refractivity contribution >= 4 is 21.8 Å². The van der Waals surface area contributed by atoms with E-state index in [9.17, 15) is 22.4 Å². The Hall–Kier alpha value is -2.94. The topological polar surface area (TPSA) is 92.8 Å². The van der Waals surface area contributed by atoms with Gasteiger partial charge in [0, 0.05) is 24.7 Å². The van der Waals surface area contributed by atoms with Crippen LogP contribution in [0.15, 0.2) is 42.5 Å². The number of sulfonamides is 1. The number of hydrogen-bond donors (Lipinski definition) is 1. The lowest BCUT2D eigenvalue weighted by Crippen LogP contribution is -2.39. The van der Waals surface area contributed by atoms with E-state index >= 15 is 0 Å². The zero-order valence-electron chi connectivity index (χ0n) is 18.4. The Balaban J connectivity index is 1.38. The van der Waals surface area contributed by atoms with Crippen molar-refractivity contribution in [3.63, 3.8) is 0 Å². The summed E-state index contributed by atoms with van der Waals surface area (Å²) < 4.78 is 45.1. The van der Waals surface area contributed by atoms with Crippen molar-refractivity contribution in [3.8, 4) is 5.75 Å². The van der Waals surface area contributed by atoms with E-state index < -0.39 is 21.7 Å². The summed E-state index contributed by atoms with van der Waals surface area (Å²) in [4.78, 5) is 26.6. The number of halogens is 1. The van der Waals surface area contributed by atoms with Gasteiger partial charge in [-0.1, -0.05) is 18.2 Å². The molecule has 1 saturated heterocycles. The second-order valence-electron chi connectivity index (χ2n) is 8.76. The number of amides is 2. The first-order valence-electron chi connectivity index (χ1n) is 11.0. The number of nitrogens with one attached hydrogen (secondary N) is 1. The molecule has 0 aromatic heterocycles. The van der Waals surface area contributed by atoms with Crippen LogP contribution in [0.4, 0.5) is 4.39 Å². The number of piperidine rings is 1. The van der Waals surface area contributed by atoms with E-state index in [-0.39, 0.29) is 23.3 Å². The lowest BCUT2D eigenvalue weighted by atomic mass is 9.97. The van der Waals surface area contributed by atoms with Crippen molar-refractivity contribution in [2.45, 2.75) is 31.6 Å². The number of carbonyl (C=O) groups is 2. The summed E-state index contributed by atoms with van der Waals surface area (Å²) in [6.45, 7) is 1.66. The number of ether oxygens (including phenoxy) is 1. The van der Waals surface area contributed by atoms with Crippen molar-refractivity contribution < 1.29 is 27.1 Å². The lowest BCUT2D eigenvalue weighted by Gasteiger charge is -2.32. The third kappa shape index (κ3) is 5.90. The Morgan fingerprint density at radius 2 is 1.76 bits per heavy atom. The van der Waals surface area contributed by atoms with Crippen LogP contribution in [0.25, 0.3) is 0 Å². The maximum atomic E-state index is 14.6. The number of rotatable bonds is 7. The Morgan fingerprint density at radius 1 is 1.09 bits per heavy atom. The highest BCUT2D eigenvalue weighted by molar-refractivity contribution is 7.89. The zero-order valence-corrected chi connectivity index (χ0v) is 19.2. The van der Waals surface area contributed by atoms with Gasteiger partial charge in [0.2, 0.25) is 10.0 Å². The van der Waals surface area contributed by atoms with Crippen LogP contribution in [0.3, 0.4) is 0 Å². The van der Waals surface area contributed by atoms with E-state index in [1.54, 1.807) is 0 Å². The quantitative estimate of drug-likeness (QED) is 0.665. The van der Waals surface area contributed by atoms with Crippen molar-refractivity contribution in [2.24, 2.45) is 5.92 Å². The second kappa shape index (κ2) is 9.51. The SMILES string of the molecule is CS(=O)(=O)NC(=O)c1cc(C2CC2)c(OCC2CCN(C(=O)c3ccccc3)CC2)cc1F. The van der Waals surface area contributed by atoms with E-state index in [0.717, 1.165) is 37.5 Å². The van der Waals surface area contributed by atoms with Gasteiger partial charge in [0.05, 0.1) is 18.4 Å². The molecule has 0 atom stereocenters. The predicted molar refractivity (Wildman–Crippen MR) is 121 cm³/mol. The molecule has 1 N–H and O–H groups in total. The summed E-state index contributed by atoms with van der Waals surface area (Å²) in [5, 5.41) is 0. The molecule has 1 saturated carbocycles. The third-order valence-electron chi connectivity index (χ3n) is 6.04. The van der Waals surface area contributed by atoms with Crippen LogP contribution in [0.5, 0.6) is 5.75 Å². The van der Waals surface area contributed by atoms with Crippen molar-refractivity contribution in [1.29, 1.82) is 0 Å². The lowest BCUT2D eigenvalue weighted by molar-refractivity contribution is 0.0660. The van der Waals surface area contributed by atoms with E-state index in [2.05, 4.69) is 0 Å². The van der Waals surface area contributed by atoms with Gasteiger partial charge in [0.25, 0.3) is 11.8 Å². The number of nitrogens with zero attached hydrogens (tertiary/aromatic N) is 1. The van der Waals surface area contributed by atoms with Crippen LogP contribution in [0.2, 0.25) is 0 Å². The molecule has 0 radical (unpaired) electrons. The van der Waals surface area contributed by atoms with Gasteiger partial charge in [-0.25, -0.2) is 17.5 Å². The number of carbonyl (C=O) groups excluding carboxylic acids is 2. The molecule has 4 rings (SSSR count). The van der Waals surface area contributed by atoms with E-state index in [4.69, 9.17) is 4.74 Å². The van der Waals surface area contributed by atoms with Crippen molar-refractivity contribution in [3.05, 3.63) is 65.0 Å². The van der Waals surface area contributed by atoms with Crippen LogP contribution >= 0.6 is 0 Å². The molecule has 0 spiro atoms.